The molecule has 4 rings (SSSR count). The van der Waals surface area contributed by atoms with Crippen molar-refractivity contribution in [2.24, 2.45) is 0 Å². The topological polar surface area (TPSA) is 120 Å². The first-order valence-electron chi connectivity index (χ1n) is 9.59. The lowest BCUT2D eigenvalue weighted by molar-refractivity contribution is -0.120. The fourth-order valence-corrected chi connectivity index (χ4v) is 3.46. The molecule has 0 aliphatic rings. The maximum absolute atomic E-state index is 12.5. The SMILES string of the molecule is CC(C)NC(=O)Cc1c[nH]c(=O)c2[nH]c3ccc(NC(=O)c4cccnc4)cc3c12. The standard InChI is InChI=1S/C22H21N5O3/c1-12(2)25-18(28)8-14-11-24-22(30)20-19(14)16-9-15(5-6-17(16)27-20)26-21(29)13-4-3-7-23-10-13/h3-7,9-12,27H,8H2,1-2H3,(H,24,30)(H,25,28)(H,26,29). The molecule has 8 nitrogen and oxygen atoms in total. The Hall–Kier alpha value is -3.94. The Balaban J connectivity index is 1.76. The van der Waals surface area contributed by atoms with Crippen LogP contribution in [0.2, 0.25) is 0 Å². The van der Waals surface area contributed by atoms with Crippen LogP contribution in [0.5, 0.6) is 0 Å². The van der Waals surface area contributed by atoms with Crippen LogP contribution < -0.4 is 16.2 Å². The average molecular weight is 403 g/mol. The van der Waals surface area contributed by atoms with Crippen LogP contribution in [-0.4, -0.2) is 32.8 Å². The molecule has 0 unspecified atom stereocenters. The molecule has 0 fully saturated rings. The second kappa shape index (κ2) is 7.82. The van der Waals surface area contributed by atoms with Crippen molar-refractivity contribution in [1.29, 1.82) is 0 Å². The van der Waals surface area contributed by atoms with E-state index in [0.29, 0.717) is 27.7 Å². The summed E-state index contributed by atoms with van der Waals surface area (Å²) in [7, 11) is 0. The Kier molecular flexibility index (Phi) is 5.05. The van der Waals surface area contributed by atoms with E-state index in [1.54, 1.807) is 42.7 Å². The van der Waals surface area contributed by atoms with Crippen LogP contribution >= 0.6 is 0 Å². The third-order valence-corrected chi connectivity index (χ3v) is 4.71. The van der Waals surface area contributed by atoms with E-state index < -0.39 is 0 Å². The third kappa shape index (κ3) is 3.80. The normalized spacial score (nSPS) is 11.2. The van der Waals surface area contributed by atoms with Gasteiger partial charge in [0.2, 0.25) is 5.91 Å². The number of nitrogens with one attached hydrogen (secondary N) is 4. The zero-order chi connectivity index (χ0) is 21.3. The average Bonchev–Trinajstić information content (AvgIpc) is 3.10. The molecule has 0 saturated heterocycles. The summed E-state index contributed by atoms with van der Waals surface area (Å²) in [5.41, 5.74) is 2.59. The summed E-state index contributed by atoms with van der Waals surface area (Å²) in [5.74, 6) is -0.412. The molecule has 2 amide bonds. The predicted octanol–water partition coefficient (Wildman–Crippen LogP) is 2.72. The first-order valence-corrected chi connectivity index (χ1v) is 9.59. The lowest BCUT2D eigenvalue weighted by Crippen LogP contribution is -2.31. The van der Waals surface area contributed by atoms with Crippen LogP contribution in [0.3, 0.4) is 0 Å². The van der Waals surface area contributed by atoms with E-state index in [-0.39, 0.29) is 29.8 Å². The Morgan fingerprint density at radius 2 is 2.03 bits per heavy atom. The van der Waals surface area contributed by atoms with Crippen molar-refractivity contribution in [2.75, 3.05) is 5.32 Å². The molecule has 0 aliphatic heterocycles. The molecule has 152 valence electrons. The molecular formula is C22H21N5O3. The van der Waals surface area contributed by atoms with Gasteiger partial charge in [0, 0.05) is 46.6 Å². The number of H-pyrrole nitrogens is 2. The minimum absolute atomic E-state index is 0.0213. The molecule has 4 N–H and O–H groups in total. The molecule has 0 aliphatic carbocycles. The number of pyridine rings is 2. The molecule has 8 heteroatoms. The summed E-state index contributed by atoms with van der Waals surface area (Å²) in [4.78, 5) is 46.9. The third-order valence-electron chi connectivity index (χ3n) is 4.71. The highest BCUT2D eigenvalue weighted by Gasteiger charge is 2.16. The lowest BCUT2D eigenvalue weighted by Gasteiger charge is -2.09. The number of nitrogens with zero attached hydrogens (tertiary/aromatic N) is 1. The highest BCUT2D eigenvalue weighted by Crippen LogP contribution is 2.29. The van der Waals surface area contributed by atoms with E-state index in [1.165, 1.54) is 6.20 Å². The summed E-state index contributed by atoms with van der Waals surface area (Å²) in [6, 6.07) is 8.74. The van der Waals surface area contributed by atoms with Crippen molar-refractivity contribution in [3.63, 3.8) is 0 Å². The Labute approximate surface area is 171 Å². The number of hydrogen-bond acceptors (Lipinski definition) is 4. The molecule has 0 radical (unpaired) electrons. The molecule has 30 heavy (non-hydrogen) atoms. The van der Waals surface area contributed by atoms with Gasteiger partial charge in [-0.1, -0.05) is 0 Å². The Morgan fingerprint density at radius 3 is 2.77 bits per heavy atom. The zero-order valence-corrected chi connectivity index (χ0v) is 16.6. The van der Waals surface area contributed by atoms with E-state index in [2.05, 4.69) is 25.6 Å². The van der Waals surface area contributed by atoms with E-state index in [1.807, 2.05) is 13.8 Å². The molecule has 3 aromatic heterocycles. The van der Waals surface area contributed by atoms with Crippen LogP contribution in [-0.2, 0) is 11.2 Å². The van der Waals surface area contributed by atoms with Gasteiger partial charge >= 0.3 is 0 Å². The smallest absolute Gasteiger partial charge is 0.272 e. The van der Waals surface area contributed by atoms with E-state index >= 15 is 0 Å². The quantitative estimate of drug-likeness (QED) is 0.409. The lowest BCUT2D eigenvalue weighted by atomic mass is 10.1. The maximum atomic E-state index is 12.5. The van der Waals surface area contributed by atoms with Gasteiger partial charge in [-0.25, -0.2) is 0 Å². The summed E-state index contributed by atoms with van der Waals surface area (Å²) in [6.07, 6.45) is 4.79. The fourth-order valence-electron chi connectivity index (χ4n) is 3.46. The van der Waals surface area contributed by atoms with Crippen molar-refractivity contribution in [2.45, 2.75) is 26.3 Å². The minimum Gasteiger partial charge on any atom is -0.354 e. The van der Waals surface area contributed by atoms with Crippen molar-refractivity contribution < 1.29 is 9.59 Å². The molecule has 1 aromatic carbocycles. The zero-order valence-electron chi connectivity index (χ0n) is 16.6. The first-order chi connectivity index (χ1) is 14.4. The second-order valence-corrected chi connectivity index (χ2v) is 7.37. The number of anilines is 1. The Morgan fingerprint density at radius 1 is 1.20 bits per heavy atom. The molecule has 0 saturated carbocycles. The van der Waals surface area contributed by atoms with Crippen LogP contribution in [0.1, 0.15) is 29.8 Å². The summed E-state index contributed by atoms with van der Waals surface area (Å²) in [5, 5.41) is 7.14. The number of aromatic amines is 2. The highest BCUT2D eigenvalue weighted by molar-refractivity contribution is 6.12. The minimum atomic E-state index is -0.281. The van der Waals surface area contributed by atoms with Gasteiger partial charge in [0.15, 0.2) is 0 Å². The van der Waals surface area contributed by atoms with Gasteiger partial charge < -0.3 is 20.6 Å². The molecule has 0 atom stereocenters. The van der Waals surface area contributed by atoms with Gasteiger partial charge in [0.05, 0.1) is 12.0 Å². The van der Waals surface area contributed by atoms with Gasteiger partial charge in [-0.3, -0.25) is 19.4 Å². The first kappa shape index (κ1) is 19.4. The number of aromatic nitrogens is 3. The van der Waals surface area contributed by atoms with E-state index in [0.717, 1.165) is 10.9 Å². The monoisotopic (exact) mass is 403 g/mol. The van der Waals surface area contributed by atoms with Crippen molar-refractivity contribution >= 4 is 39.3 Å². The van der Waals surface area contributed by atoms with Crippen LogP contribution in [0.15, 0.2) is 53.7 Å². The van der Waals surface area contributed by atoms with Crippen LogP contribution in [0.4, 0.5) is 5.69 Å². The van der Waals surface area contributed by atoms with Gasteiger partial charge in [0.25, 0.3) is 11.5 Å². The summed E-state index contributed by atoms with van der Waals surface area (Å²) < 4.78 is 0. The second-order valence-electron chi connectivity index (χ2n) is 7.37. The maximum Gasteiger partial charge on any atom is 0.272 e. The van der Waals surface area contributed by atoms with Crippen LogP contribution in [0, 0.1) is 0 Å². The van der Waals surface area contributed by atoms with E-state index in [9.17, 15) is 14.4 Å². The molecule has 0 spiro atoms. The molecule has 3 heterocycles. The predicted molar refractivity (Wildman–Crippen MR) is 116 cm³/mol. The number of hydrogen-bond donors (Lipinski definition) is 4. The Bertz CT molecular complexity index is 1310. The molecule has 4 aromatic rings. The van der Waals surface area contributed by atoms with Gasteiger partial charge in [-0.2, -0.15) is 0 Å². The molecule has 0 bridgehead atoms. The number of carbonyl (C=O) groups is 2. The van der Waals surface area contributed by atoms with Crippen molar-refractivity contribution in [3.8, 4) is 0 Å². The fraction of sp³-hybridized carbons (Fsp3) is 0.182. The van der Waals surface area contributed by atoms with Gasteiger partial charge in [0.1, 0.15) is 5.52 Å². The van der Waals surface area contributed by atoms with Crippen molar-refractivity contribution in [3.05, 3.63) is 70.4 Å². The van der Waals surface area contributed by atoms with Gasteiger partial charge in [-0.05, 0) is 49.7 Å². The van der Waals surface area contributed by atoms with Gasteiger partial charge in [-0.15, -0.1) is 0 Å². The van der Waals surface area contributed by atoms with Crippen molar-refractivity contribution in [1.82, 2.24) is 20.3 Å². The summed E-state index contributed by atoms with van der Waals surface area (Å²) >= 11 is 0. The number of carbonyl (C=O) groups excluding carboxylic acids is 2. The van der Waals surface area contributed by atoms with Crippen LogP contribution in [0.25, 0.3) is 21.8 Å². The highest BCUT2D eigenvalue weighted by atomic mass is 16.2. The summed E-state index contributed by atoms with van der Waals surface area (Å²) in [6.45, 7) is 3.78. The number of amides is 2. The van der Waals surface area contributed by atoms with E-state index in [4.69, 9.17) is 0 Å². The molecular weight excluding hydrogens is 382 g/mol. The number of fused-ring (bicyclic) bond motifs is 3. The number of rotatable bonds is 5. The number of benzene rings is 1. The largest absolute Gasteiger partial charge is 0.354 e.